The Morgan fingerprint density at radius 1 is 1.13 bits per heavy atom. The van der Waals surface area contributed by atoms with Crippen LogP contribution in [0.5, 0.6) is 5.75 Å². The largest absolute Gasteiger partial charge is 0.497 e. The van der Waals surface area contributed by atoms with Crippen LogP contribution in [0.2, 0.25) is 0 Å². The average Bonchev–Trinajstić information content (AvgIpc) is 2.59. The molecule has 2 rings (SSSR count). The molecule has 23 heavy (non-hydrogen) atoms. The Bertz CT molecular complexity index is 612. The normalized spacial score (nSPS) is 13.6. The number of hydrogen-bond acceptors (Lipinski definition) is 3. The molecule has 0 amide bonds. The van der Waals surface area contributed by atoms with E-state index in [9.17, 15) is 5.11 Å². The zero-order valence-electron chi connectivity index (χ0n) is 14.3. The molecule has 0 aromatic heterocycles. The molecule has 2 unspecified atom stereocenters. The van der Waals surface area contributed by atoms with Gasteiger partial charge in [-0.25, -0.2) is 0 Å². The first-order chi connectivity index (χ1) is 11.1. The number of ether oxygens (including phenoxy) is 1. The summed E-state index contributed by atoms with van der Waals surface area (Å²) in [5, 5.41) is 13.2. The van der Waals surface area contributed by atoms with Crippen molar-refractivity contribution >= 4 is 0 Å². The van der Waals surface area contributed by atoms with E-state index in [0.717, 1.165) is 18.7 Å². The van der Waals surface area contributed by atoms with E-state index in [0.29, 0.717) is 0 Å². The zero-order chi connectivity index (χ0) is 16.7. The maximum Gasteiger partial charge on any atom is 0.119 e. The van der Waals surface area contributed by atoms with Gasteiger partial charge in [-0.3, -0.25) is 0 Å². The second kappa shape index (κ2) is 8.70. The van der Waals surface area contributed by atoms with E-state index in [-0.39, 0.29) is 18.6 Å². The fourth-order valence-corrected chi connectivity index (χ4v) is 2.72. The van der Waals surface area contributed by atoms with Gasteiger partial charge in [0.05, 0.1) is 7.11 Å². The number of benzene rings is 2. The van der Waals surface area contributed by atoms with E-state index in [2.05, 4.69) is 49.5 Å². The van der Waals surface area contributed by atoms with Crippen molar-refractivity contribution in [1.82, 2.24) is 5.32 Å². The lowest BCUT2D eigenvalue weighted by Gasteiger charge is -2.20. The molecule has 0 aliphatic carbocycles. The van der Waals surface area contributed by atoms with Gasteiger partial charge in [0.25, 0.3) is 0 Å². The van der Waals surface area contributed by atoms with Gasteiger partial charge in [-0.15, -0.1) is 0 Å². The number of aliphatic hydroxyl groups excluding tert-OH is 1. The van der Waals surface area contributed by atoms with Gasteiger partial charge >= 0.3 is 0 Å². The van der Waals surface area contributed by atoms with Gasteiger partial charge in [-0.2, -0.15) is 0 Å². The molecule has 124 valence electrons. The Hall–Kier alpha value is -1.84. The van der Waals surface area contributed by atoms with E-state index >= 15 is 0 Å². The molecule has 0 fully saturated rings. The van der Waals surface area contributed by atoms with Crippen molar-refractivity contribution in [2.75, 3.05) is 20.3 Å². The molecule has 2 aromatic rings. The van der Waals surface area contributed by atoms with Crippen molar-refractivity contribution < 1.29 is 9.84 Å². The molecule has 3 nitrogen and oxygen atoms in total. The molecule has 0 bridgehead atoms. The van der Waals surface area contributed by atoms with E-state index in [1.54, 1.807) is 7.11 Å². The summed E-state index contributed by atoms with van der Waals surface area (Å²) in [4.78, 5) is 0. The van der Waals surface area contributed by atoms with Crippen LogP contribution < -0.4 is 10.1 Å². The summed E-state index contributed by atoms with van der Waals surface area (Å²) >= 11 is 0. The molecule has 0 aliphatic rings. The van der Waals surface area contributed by atoms with Crippen LogP contribution in [0.25, 0.3) is 0 Å². The average molecular weight is 313 g/mol. The molecule has 2 N–H and O–H groups in total. The maximum absolute atomic E-state index is 9.68. The van der Waals surface area contributed by atoms with Crippen molar-refractivity contribution in [3.8, 4) is 5.75 Å². The summed E-state index contributed by atoms with van der Waals surface area (Å²) in [7, 11) is 1.68. The molecular formula is C20H27NO2. The summed E-state index contributed by atoms with van der Waals surface area (Å²) in [5.74, 6) is 1.08. The molecule has 0 aliphatic heterocycles. The number of nitrogens with one attached hydrogen (secondary N) is 1. The summed E-state index contributed by atoms with van der Waals surface area (Å²) in [6.45, 7) is 5.22. The number of aliphatic hydroxyl groups is 1. The molecule has 2 aromatic carbocycles. The Morgan fingerprint density at radius 3 is 2.61 bits per heavy atom. The number of hydrogen-bond donors (Lipinski definition) is 2. The minimum absolute atomic E-state index is 0.187. The van der Waals surface area contributed by atoms with Gasteiger partial charge in [0.1, 0.15) is 5.75 Å². The van der Waals surface area contributed by atoms with Gasteiger partial charge in [0.15, 0.2) is 0 Å². The monoisotopic (exact) mass is 313 g/mol. The van der Waals surface area contributed by atoms with Gasteiger partial charge in [-0.1, -0.05) is 36.4 Å². The highest BCUT2D eigenvalue weighted by Crippen LogP contribution is 2.19. The predicted molar refractivity (Wildman–Crippen MR) is 94.9 cm³/mol. The third kappa shape index (κ3) is 5.08. The van der Waals surface area contributed by atoms with Crippen molar-refractivity contribution in [1.29, 1.82) is 0 Å². The first kappa shape index (κ1) is 17.5. The lowest BCUT2D eigenvalue weighted by atomic mass is 9.96. The van der Waals surface area contributed by atoms with E-state index in [4.69, 9.17) is 4.74 Å². The van der Waals surface area contributed by atoms with Crippen LogP contribution >= 0.6 is 0 Å². The smallest absolute Gasteiger partial charge is 0.119 e. The van der Waals surface area contributed by atoms with Crippen LogP contribution in [0.3, 0.4) is 0 Å². The van der Waals surface area contributed by atoms with Crippen LogP contribution in [0.1, 0.15) is 29.7 Å². The number of methoxy groups -OCH3 is 1. The topological polar surface area (TPSA) is 41.5 Å². The third-order valence-corrected chi connectivity index (χ3v) is 4.33. The highest BCUT2D eigenvalue weighted by Gasteiger charge is 2.13. The molecule has 0 heterocycles. The zero-order valence-corrected chi connectivity index (χ0v) is 14.3. The maximum atomic E-state index is 9.68. The standard InChI is InChI=1S/C20H27NO2/c1-15-7-4-5-8-18(15)11-17(14-22)13-21-16(2)19-9-6-10-20(12-19)23-3/h4-10,12,16-17,21-22H,11,13-14H2,1-3H3. The second-order valence-corrected chi connectivity index (χ2v) is 6.09. The molecule has 0 saturated carbocycles. The highest BCUT2D eigenvalue weighted by molar-refractivity contribution is 5.30. The molecule has 0 saturated heterocycles. The predicted octanol–water partition coefficient (Wildman–Crippen LogP) is 3.51. The summed E-state index contributed by atoms with van der Waals surface area (Å²) < 4.78 is 5.28. The van der Waals surface area contributed by atoms with Crippen molar-refractivity contribution in [2.45, 2.75) is 26.3 Å². The van der Waals surface area contributed by atoms with Crippen LogP contribution in [0, 0.1) is 12.8 Å². The first-order valence-electron chi connectivity index (χ1n) is 8.16. The van der Waals surface area contributed by atoms with Gasteiger partial charge in [0, 0.05) is 19.2 Å². The van der Waals surface area contributed by atoms with E-state index in [1.165, 1.54) is 16.7 Å². The second-order valence-electron chi connectivity index (χ2n) is 6.09. The Kier molecular flexibility index (Phi) is 6.63. The summed E-state index contributed by atoms with van der Waals surface area (Å²) in [5.41, 5.74) is 3.78. The molecule has 2 atom stereocenters. The Labute approximate surface area is 139 Å². The van der Waals surface area contributed by atoms with Crippen LogP contribution in [0.4, 0.5) is 0 Å². The van der Waals surface area contributed by atoms with Crippen molar-refractivity contribution in [2.24, 2.45) is 5.92 Å². The summed E-state index contributed by atoms with van der Waals surface area (Å²) in [6, 6.07) is 16.7. The van der Waals surface area contributed by atoms with E-state index in [1.807, 2.05) is 18.2 Å². The fraction of sp³-hybridized carbons (Fsp3) is 0.400. The highest BCUT2D eigenvalue weighted by atomic mass is 16.5. The molecule has 3 heteroatoms. The van der Waals surface area contributed by atoms with Crippen LogP contribution in [-0.4, -0.2) is 25.4 Å². The van der Waals surface area contributed by atoms with Gasteiger partial charge in [-0.05, 0) is 55.0 Å². The van der Waals surface area contributed by atoms with Crippen molar-refractivity contribution in [3.63, 3.8) is 0 Å². The Balaban J connectivity index is 1.93. The lowest BCUT2D eigenvalue weighted by molar-refractivity contribution is 0.218. The number of rotatable bonds is 8. The summed E-state index contributed by atoms with van der Waals surface area (Å²) in [6.07, 6.45) is 0.890. The Morgan fingerprint density at radius 2 is 1.91 bits per heavy atom. The fourth-order valence-electron chi connectivity index (χ4n) is 2.72. The number of aryl methyl sites for hydroxylation is 1. The SMILES string of the molecule is COc1cccc(C(C)NCC(CO)Cc2ccccc2C)c1. The molecular weight excluding hydrogens is 286 g/mol. The van der Waals surface area contributed by atoms with Gasteiger partial charge in [0.2, 0.25) is 0 Å². The van der Waals surface area contributed by atoms with Crippen LogP contribution in [-0.2, 0) is 6.42 Å². The van der Waals surface area contributed by atoms with Gasteiger partial charge < -0.3 is 15.2 Å². The first-order valence-corrected chi connectivity index (χ1v) is 8.16. The minimum atomic E-state index is 0.187. The quantitative estimate of drug-likeness (QED) is 0.783. The van der Waals surface area contributed by atoms with Crippen molar-refractivity contribution in [3.05, 3.63) is 65.2 Å². The molecule has 0 spiro atoms. The van der Waals surface area contributed by atoms with Crippen LogP contribution in [0.15, 0.2) is 48.5 Å². The minimum Gasteiger partial charge on any atom is -0.497 e. The van der Waals surface area contributed by atoms with E-state index < -0.39 is 0 Å². The lowest BCUT2D eigenvalue weighted by Crippen LogP contribution is -2.29. The molecule has 0 radical (unpaired) electrons. The third-order valence-electron chi connectivity index (χ3n) is 4.33.